The van der Waals surface area contributed by atoms with Crippen molar-refractivity contribution in [2.45, 2.75) is 40.2 Å². The third-order valence-corrected chi connectivity index (χ3v) is 6.33. The van der Waals surface area contributed by atoms with Gasteiger partial charge in [0.2, 0.25) is 5.91 Å². The summed E-state index contributed by atoms with van der Waals surface area (Å²) in [6.45, 7) is 7.55. The zero-order chi connectivity index (χ0) is 23.4. The van der Waals surface area contributed by atoms with Crippen LogP contribution in [0.2, 0.25) is 5.02 Å². The van der Waals surface area contributed by atoms with Crippen molar-refractivity contribution in [3.63, 3.8) is 0 Å². The highest BCUT2D eigenvalue weighted by Gasteiger charge is 2.36. The average Bonchev–Trinajstić information content (AvgIpc) is 3.00. The van der Waals surface area contributed by atoms with Crippen LogP contribution in [0.5, 0.6) is 5.75 Å². The van der Waals surface area contributed by atoms with Gasteiger partial charge in [0.1, 0.15) is 12.3 Å². The summed E-state index contributed by atoms with van der Waals surface area (Å²) in [7, 11) is 0. The Morgan fingerprint density at radius 1 is 1.19 bits per heavy atom. The van der Waals surface area contributed by atoms with Gasteiger partial charge in [-0.05, 0) is 86.0 Å². The monoisotopic (exact) mass is 472 g/mol. The van der Waals surface area contributed by atoms with Crippen LogP contribution in [0.1, 0.15) is 37.0 Å². The lowest BCUT2D eigenvalue weighted by atomic mass is 10.1. The molecular formula is C24H25ClN2O4S. The lowest BCUT2D eigenvalue weighted by molar-refractivity contribution is -0.127. The molecule has 1 saturated heterocycles. The summed E-state index contributed by atoms with van der Waals surface area (Å²) >= 11 is 7.10. The van der Waals surface area contributed by atoms with E-state index in [0.717, 1.165) is 34.2 Å². The minimum absolute atomic E-state index is 0.0322. The van der Waals surface area contributed by atoms with Crippen LogP contribution in [0.25, 0.3) is 6.08 Å². The number of aryl methyl sites for hydroxylation is 2. The summed E-state index contributed by atoms with van der Waals surface area (Å²) in [5, 5.41) is 2.67. The summed E-state index contributed by atoms with van der Waals surface area (Å²) in [4.78, 5) is 38.6. The zero-order valence-electron chi connectivity index (χ0n) is 18.4. The number of benzene rings is 2. The summed E-state index contributed by atoms with van der Waals surface area (Å²) < 4.78 is 5.75. The van der Waals surface area contributed by atoms with Crippen LogP contribution in [0.3, 0.4) is 0 Å². The maximum Gasteiger partial charge on any atom is 0.294 e. The minimum atomic E-state index is -0.508. The molecule has 0 unspecified atom stereocenters. The van der Waals surface area contributed by atoms with Gasteiger partial charge in [-0.2, -0.15) is 0 Å². The van der Waals surface area contributed by atoms with Crippen LogP contribution in [-0.2, 0) is 9.59 Å². The molecule has 1 N–H and O–H groups in total. The summed E-state index contributed by atoms with van der Waals surface area (Å²) in [6.07, 6.45) is 2.47. The van der Waals surface area contributed by atoms with Gasteiger partial charge in [-0.3, -0.25) is 19.3 Å². The SMILES string of the molecule is CC[C@H](C)Oc1ccc(/C=C2\SC(=O)N(CC(=O)Nc3ccc(C)c(C)c3)C2=O)cc1Cl. The Bertz CT molecular complexity index is 1100. The van der Waals surface area contributed by atoms with Gasteiger partial charge >= 0.3 is 0 Å². The van der Waals surface area contributed by atoms with E-state index in [-0.39, 0.29) is 17.6 Å². The smallest absolute Gasteiger partial charge is 0.294 e. The van der Waals surface area contributed by atoms with Crippen LogP contribution >= 0.6 is 23.4 Å². The van der Waals surface area contributed by atoms with Gasteiger partial charge in [-0.25, -0.2) is 0 Å². The third-order valence-electron chi connectivity index (χ3n) is 5.12. The zero-order valence-corrected chi connectivity index (χ0v) is 20.0. The number of hydrogen-bond acceptors (Lipinski definition) is 5. The Balaban J connectivity index is 1.68. The van der Waals surface area contributed by atoms with Crippen LogP contribution in [0.15, 0.2) is 41.3 Å². The second kappa shape index (κ2) is 10.2. The van der Waals surface area contributed by atoms with Crippen LogP contribution in [0, 0.1) is 13.8 Å². The molecule has 6 nitrogen and oxygen atoms in total. The van der Waals surface area contributed by atoms with E-state index in [9.17, 15) is 14.4 Å². The molecule has 8 heteroatoms. The molecule has 1 heterocycles. The molecule has 0 spiro atoms. The molecule has 1 aliphatic heterocycles. The van der Waals surface area contributed by atoms with Gasteiger partial charge in [0.05, 0.1) is 16.0 Å². The van der Waals surface area contributed by atoms with Crippen molar-refractivity contribution in [2.24, 2.45) is 0 Å². The van der Waals surface area contributed by atoms with Gasteiger partial charge in [-0.15, -0.1) is 0 Å². The number of imide groups is 1. The number of halogens is 1. The van der Waals surface area contributed by atoms with Crippen molar-refractivity contribution in [3.8, 4) is 5.75 Å². The predicted octanol–water partition coefficient (Wildman–Crippen LogP) is 5.81. The van der Waals surface area contributed by atoms with Crippen molar-refractivity contribution in [2.75, 3.05) is 11.9 Å². The predicted molar refractivity (Wildman–Crippen MR) is 129 cm³/mol. The fourth-order valence-electron chi connectivity index (χ4n) is 2.95. The molecular weight excluding hydrogens is 448 g/mol. The molecule has 0 radical (unpaired) electrons. The Morgan fingerprint density at radius 3 is 2.59 bits per heavy atom. The second-order valence-electron chi connectivity index (χ2n) is 7.64. The quantitative estimate of drug-likeness (QED) is 0.514. The molecule has 1 aliphatic rings. The van der Waals surface area contributed by atoms with Crippen molar-refractivity contribution in [3.05, 3.63) is 63.0 Å². The number of rotatable bonds is 7. The van der Waals surface area contributed by atoms with E-state index in [2.05, 4.69) is 5.32 Å². The topological polar surface area (TPSA) is 75.7 Å². The second-order valence-corrected chi connectivity index (χ2v) is 9.04. The summed E-state index contributed by atoms with van der Waals surface area (Å²) in [6, 6.07) is 10.7. The molecule has 0 aromatic heterocycles. The number of carbonyl (C=O) groups excluding carboxylic acids is 3. The van der Waals surface area contributed by atoms with E-state index in [1.54, 1.807) is 30.3 Å². The highest BCUT2D eigenvalue weighted by molar-refractivity contribution is 8.18. The summed E-state index contributed by atoms with van der Waals surface area (Å²) in [5.74, 6) is -0.382. The first-order valence-corrected chi connectivity index (χ1v) is 11.5. The van der Waals surface area contributed by atoms with Gasteiger partial charge in [0.25, 0.3) is 11.1 Å². The molecule has 1 atom stereocenters. The highest BCUT2D eigenvalue weighted by atomic mass is 35.5. The third kappa shape index (κ3) is 5.72. The Hall–Kier alpha value is -2.77. The van der Waals surface area contributed by atoms with Crippen LogP contribution in [0.4, 0.5) is 10.5 Å². The van der Waals surface area contributed by atoms with Gasteiger partial charge in [0.15, 0.2) is 0 Å². The minimum Gasteiger partial charge on any atom is -0.489 e. The molecule has 32 heavy (non-hydrogen) atoms. The Morgan fingerprint density at radius 2 is 1.94 bits per heavy atom. The lowest BCUT2D eigenvalue weighted by Crippen LogP contribution is -2.36. The molecule has 1 fully saturated rings. The fourth-order valence-corrected chi connectivity index (χ4v) is 4.03. The lowest BCUT2D eigenvalue weighted by Gasteiger charge is -2.14. The van der Waals surface area contributed by atoms with Gasteiger partial charge < -0.3 is 10.1 Å². The first-order valence-electron chi connectivity index (χ1n) is 10.3. The first kappa shape index (κ1) is 23.9. The van der Waals surface area contributed by atoms with Crippen molar-refractivity contribution >= 4 is 52.2 Å². The average molecular weight is 473 g/mol. The normalized spacial score (nSPS) is 15.9. The number of nitrogens with zero attached hydrogens (tertiary/aromatic N) is 1. The summed E-state index contributed by atoms with van der Waals surface area (Å²) in [5.41, 5.74) is 3.43. The number of nitrogens with one attached hydrogen (secondary N) is 1. The van der Waals surface area contributed by atoms with Crippen molar-refractivity contribution in [1.82, 2.24) is 4.90 Å². The van der Waals surface area contributed by atoms with Crippen molar-refractivity contribution in [1.29, 1.82) is 0 Å². The largest absolute Gasteiger partial charge is 0.489 e. The van der Waals surface area contributed by atoms with Crippen molar-refractivity contribution < 1.29 is 19.1 Å². The Kier molecular flexibility index (Phi) is 7.64. The number of hydrogen-bond donors (Lipinski definition) is 1. The van der Waals surface area contributed by atoms with E-state index in [1.165, 1.54) is 0 Å². The number of ether oxygens (including phenoxy) is 1. The maximum atomic E-state index is 12.7. The fraction of sp³-hybridized carbons (Fsp3) is 0.292. The van der Waals surface area contributed by atoms with Gasteiger partial charge in [-0.1, -0.05) is 30.7 Å². The molecule has 3 amide bonds. The molecule has 0 saturated carbocycles. The molecule has 0 bridgehead atoms. The highest BCUT2D eigenvalue weighted by Crippen LogP contribution is 2.34. The Labute approximate surface area is 197 Å². The molecule has 2 aromatic rings. The molecule has 3 rings (SSSR count). The van der Waals surface area contributed by atoms with Crippen LogP contribution in [-0.4, -0.2) is 34.6 Å². The van der Waals surface area contributed by atoms with E-state index >= 15 is 0 Å². The first-order chi connectivity index (χ1) is 15.2. The molecule has 2 aromatic carbocycles. The van der Waals surface area contributed by atoms with Gasteiger partial charge in [0, 0.05) is 5.69 Å². The molecule has 0 aliphatic carbocycles. The number of thioether (sulfide) groups is 1. The maximum absolute atomic E-state index is 12.7. The number of carbonyl (C=O) groups is 3. The number of anilines is 1. The standard InChI is InChI=1S/C24H25ClN2O4S/c1-5-16(4)31-20-9-7-17(11-19(20)25)12-21-23(29)27(24(30)32-21)13-22(28)26-18-8-6-14(2)15(3)10-18/h6-12,16H,5,13H2,1-4H3,(H,26,28)/b21-12-/t16-/m0/s1. The van der Waals surface area contributed by atoms with E-state index in [4.69, 9.17) is 16.3 Å². The van der Waals surface area contributed by atoms with Crippen LogP contribution < -0.4 is 10.1 Å². The molecule has 168 valence electrons. The van der Waals surface area contributed by atoms with E-state index in [1.807, 2.05) is 39.8 Å². The van der Waals surface area contributed by atoms with E-state index in [0.29, 0.717) is 22.0 Å². The van der Waals surface area contributed by atoms with E-state index < -0.39 is 17.1 Å². The number of amides is 3.